The van der Waals surface area contributed by atoms with Crippen molar-refractivity contribution in [1.82, 2.24) is 4.57 Å². The van der Waals surface area contributed by atoms with E-state index in [4.69, 9.17) is 0 Å². The maximum atomic E-state index is 13.6. The number of rotatable bonds is 3. The minimum atomic E-state index is -0.826. The molecule has 0 fully saturated rings. The van der Waals surface area contributed by atoms with Gasteiger partial charge in [0, 0.05) is 17.8 Å². The van der Waals surface area contributed by atoms with Gasteiger partial charge in [-0.2, -0.15) is 0 Å². The van der Waals surface area contributed by atoms with E-state index in [0.717, 1.165) is 28.6 Å². The summed E-state index contributed by atoms with van der Waals surface area (Å²) in [5.41, 5.74) is 1.92. The molecule has 0 saturated carbocycles. The monoisotopic (exact) mass is 285 g/mol. The number of fused-ring (bicyclic) bond motifs is 1. The van der Waals surface area contributed by atoms with E-state index >= 15 is 0 Å². The summed E-state index contributed by atoms with van der Waals surface area (Å²) in [4.78, 5) is 12.2. The van der Waals surface area contributed by atoms with Crippen LogP contribution in [0.25, 0.3) is 10.9 Å². The van der Waals surface area contributed by atoms with Crippen LogP contribution in [0, 0.1) is 18.6 Å². The zero-order chi connectivity index (χ0) is 15.0. The van der Waals surface area contributed by atoms with Gasteiger partial charge in [0.15, 0.2) is 5.78 Å². The molecule has 3 rings (SSSR count). The summed E-state index contributed by atoms with van der Waals surface area (Å²) in [6.45, 7) is 1.99. The number of carbonyl (C=O) groups is 1. The number of Topliss-reactive ketones (excluding diaryl/α,β-unsaturated/α-hetero) is 1. The van der Waals surface area contributed by atoms with Crippen molar-refractivity contribution in [2.24, 2.45) is 0 Å². The maximum absolute atomic E-state index is 13.6. The highest BCUT2D eigenvalue weighted by molar-refractivity contribution is 5.97. The Morgan fingerprint density at radius 2 is 1.90 bits per heavy atom. The Bertz CT molecular complexity index is 836. The van der Waals surface area contributed by atoms with Gasteiger partial charge in [0.05, 0.1) is 12.1 Å². The van der Waals surface area contributed by atoms with Crippen LogP contribution in [-0.4, -0.2) is 10.4 Å². The molecule has 2 aromatic carbocycles. The second kappa shape index (κ2) is 5.13. The lowest BCUT2D eigenvalue weighted by atomic mass is 10.1. The largest absolute Gasteiger partial charge is 0.340 e. The molecule has 0 atom stereocenters. The number of ketones is 1. The van der Waals surface area contributed by atoms with Crippen LogP contribution in [0.1, 0.15) is 15.9 Å². The Morgan fingerprint density at radius 1 is 1.10 bits per heavy atom. The lowest BCUT2D eigenvalue weighted by molar-refractivity contribution is 0.0969. The van der Waals surface area contributed by atoms with Gasteiger partial charge in [-0.1, -0.05) is 12.1 Å². The van der Waals surface area contributed by atoms with E-state index in [2.05, 4.69) is 0 Å². The third kappa shape index (κ3) is 2.57. The molecule has 0 N–H and O–H groups in total. The zero-order valence-corrected chi connectivity index (χ0v) is 11.4. The van der Waals surface area contributed by atoms with Crippen LogP contribution in [0.5, 0.6) is 0 Å². The second-order valence-corrected chi connectivity index (χ2v) is 5.05. The van der Waals surface area contributed by atoms with Gasteiger partial charge in [-0.15, -0.1) is 0 Å². The van der Waals surface area contributed by atoms with Crippen LogP contribution in [0.4, 0.5) is 8.78 Å². The zero-order valence-electron chi connectivity index (χ0n) is 11.4. The average molecular weight is 285 g/mol. The fourth-order valence-electron chi connectivity index (χ4n) is 2.39. The van der Waals surface area contributed by atoms with Crippen molar-refractivity contribution in [3.8, 4) is 0 Å². The van der Waals surface area contributed by atoms with Gasteiger partial charge >= 0.3 is 0 Å². The number of benzene rings is 2. The maximum Gasteiger partial charge on any atom is 0.185 e. The summed E-state index contributed by atoms with van der Waals surface area (Å²) >= 11 is 0. The van der Waals surface area contributed by atoms with Gasteiger partial charge in [0.1, 0.15) is 11.6 Å². The first-order valence-electron chi connectivity index (χ1n) is 6.58. The molecule has 1 heterocycles. The number of aryl methyl sites for hydroxylation is 1. The summed E-state index contributed by atoms with van der Waals surface area (Å²) in [6, 6.07) is 10.9. The molecule has 106 valence electrons. The summed E-state index contributed by atoms with van der Waals surface area (Å²) in [6.07, 6.45) is 1.80. The molecule has 0 unspecified atom stereocenters. The van der Waals surface area contributed by atoms with Crippen LogP contribution in [0.15, 0.2) is 48.7 Å². The van der Waals surface area contributed by atoms with E-state index in [1.807, 2.05) is 31.2 Å². The van der Waals surface area contributed by atoms with Gasteiger partial charge in [0.2, 0.25) is 0 Å². The van der Waals surface area contributed by atoms with Crippen molar-refractivity contribution >= 4 is 16.7 Å². The number of hydrogen-bond acceptors (Lipinski definition) is 1. The Labute approximate surface area is 120 Å². The van der Waals surface area contributed by atoms with Gasteiger partial charge < -0.3 is 4.57 Å². The van der Waals surface area contributed by atoms with Crippen LogP contribution in [0.3, 0.4) is 0 Å². The minimum absolute atomic E-state index is 0.0233. The Hall–Kier alpha value is -2.49. The van der Waals surface area contributed by atoms with E-state index in [-0.39, 0.29) is 17.9 Å². The topological polar surface area (TPSA) is 22.0 Å². The highest BCUT2D eigenvalue weighted by atomic mass is 19.1. The molecular weight excluding hydrogens is 272 g/mol. The average Bonchev–Trinajstić information content (AvgIpc) is 2.81. The number of aromatic nitrogens is 1. The first-order chi connectivity index (χ1) is 10.0. The first kappa shape index (κ1) is 13.5. The van der Waals surface area contributed by atoms with Crippen LogP contribution >= 0.6 is 0 Å². The Morgan fingerprint density at radius 3 is 2.67 bits per heavy atom. The normalized spacial score (nSPS) is 11.0. The lowest BCUT2D eigenvalue weighted by Crippen LogP contribution is -2.11. The molecule has 1 aromatic heterocycles. The molecule has 0 saturated heterocycles. The fourth-order valence-corrected chi connectivity index (χ4v) is 2.39. The quantitative estimate of drug-likeness (QED) is 0.664. The molecule has 0 spiro atoms. The molecule has 3 aromatic rings. The van der Waals surface area contributed by atoms with E-state index in [1.54, 1.807) is 10.8 Å². The molecule has 21 heavy (non-hydrogen) atoms. The summed E-state index contributed by atoms with van der Waals surface area (Å²) in [5.74, 6) is -1.90. The van der Waals surface area contributed by atoms with Gasteiger partial charge in [-0.25, -0.2) is 8.78 Å². The molecule has 0 radical (unpaired) electrons. The van der Waals surface area contributed by atoms with Gasteiger partial charge in [-0.3, -0.25) is 4.79 Å². The Balaban J connectivity index is 1.94. The molecule has 0 bridgehead atoms. The predicted molar refractivity (Wildman–Crippen MR) is 77.4 cm³/mol. The van der Waals surface area contributed by atoms with Crippen molar-refractivity contribution in [2.45, 2.75) is 13.5 Å². The highest BCUT2D eigenvalue weighted by Crippen LogP contribution is 2.19. The third-order valence-electron chi connectivity index (χ3n) is 3.47. The van der Waals surface area contributed by atoms with Crippen molar-refractivity contribution in [3.05, 3.63) is 71.4 Å². The number of hydrogen-bond donors (Lipinski definition) is 0. The van der Waals surface area contributed by atoms with Crippen molar-refractivity contribution in [1.29, 1.82) is 0 Å². The van der Waals surface area contributed by atoms with Gasteiger partial charge in [0.25, 0.3) is 0 Å². The van der Waals surface area contributed by atoms with Crippen molar-refractivity contribution in [3.63, 3.8) is 0 Å². The molecule has 0 aliphatic rings. The molecular formula is C17H13F2NO. The third-order valence-corrected chi connectivity index (χ3v) is 3.47. The van der Waals surface area contributed by atoms with E-state index in [9.17, 15) is 13.6 Å². The summed E-state index contributed by atoms with van der Waals surface area (Å²) in [7, 11) is 0. The SMILES string of the molecule is Cc1ccc2ccn(CC(=O)c3ccc(F)cc3F)c2c1. The Kier molecular flexibility index (Phi) is 3.29. The predicted octanol–water partition coefficient (Wildman–Crippen LogP) is 4.11. The van der Waals surface area contributed by atoms with Crippen molar-refractivity contribution in [2.75, 3.05) is 0 Å². The lowest BCUT2D eigenvalue weighted by Gasteiger charge is -2.06. The molecule has 0 aliphatic heterocycles. The number of halogens is 2. The fraction of sp³-hybridized carbons (Fsp3) is 0.118. The summed E-state index contributed by atoms with van der Waals surface area (Å²) < 4.78 is 28.3. The molecule has 2 nitrogen and oxygen atoms in total. The molecule has 4 heteroatoms. The minimum Gasteiger partial charge on any atom is -0.340 e. The van der Waals surface area contributed by atoms with Crippen molar-refractivity contribution < 1.29 is 13.6 Å². The first-order valence-corrected chi connectivity index (χ1v) is 6.58. The molecule has 0 aliphatic carbocycles. The van der Waals surface area contributed by atoms with E-state index < -0.39 is 11.6 Å². The standard InChI is InChI=1S/C17H13F2NO/c1-11-2-3-12-6-7-20(16(12)8-11)10-17(21)14-5-4-13(18)9-15(14)19/h2-9H,10H2,1H3. The number of nitrogens with zero attached hydrogens (tertiary/aromatic N) is 1. The van der Waals surface area contributed by atoms with Crippen LogP contribution < -0.4 is 0 Å². The van der Waals surface area contributed by atoms with E-state index in [1.165, 1.54) is 6.07 Å². The highest BCUT2D eigenvalue weighted by Gasteiger charge is 2.14. The van der Waals surface area contributed by atoms with E-state index in [0.29, 0.717) is 0 Å². The van der Waals surface area contributed by atoms with Gasteiger partial charge in [-0.05, 0) is 42.1 Å². The van der Waals surface area contributed by atoms with Crippen LogP contribution in [-0.2, 0) is 6.54 Å². The molecule has 0 amide bonds. The smallest absolute Gasteiger partial charge is 0.185 e. The summed E-state index contributed by atoms with van der Waals surface area (Å²) in [5, 5.41) is 1.02. The van der Waals surface area contributed by atoms with Crippen LogP contribution in [0.2, 0.25) is 0 Å². The second-order valence-electron chi connectivity index (χ2n) is 5.05. The number of carbonyl (C=O) groups excluding carboxylic acids is 1.